The monoisotopic (exact) mass is 335 g/mol. The quantitative estimate of drug-likeness (QED) is 0.769. The van der Waals surface area contributed by atoms with Crippen LogP contribution in [-0.4, -0.2) is 34.6 Å². The molecule has 0 saturated carbocycles. The summed E-state index contributed by atoms with van der Waals surface area (Å²) in [6.45, 7) is 3.84. The molecule has 0 aliphatic rings. The van der Waals surface area contributed by atoms with Gasteiger partial charge in [-0.3, -0.25) is 0 Å². The Hall–Kier alpha value is -1.31. The van der Waals surface area contributed by atoms with E-state index in [1.54, 1.807) is 0 Å². The zero-order chi connectivity index (χ0) is 16.0. The van der Waals surface area contributed by atoms with Crippen LogP contribution in [0.2, 0.25) is 5.02 Å². The second-order valence-corrected chi connectivity index (χ2v) is 6.88. The number of carbonyl (C=O) groups excluding carboxylic acids is 1. The molecule has 0 unspecified atom stereocenters. The number of rotatable bonds is 7. The van der Waals surface area contributed by atoms with E-state index in [2.05, 4.69) is 9.46 Å². The molecule has 6 nitrogen and oxygen atoms in total. The van der Waals surface area contributed by atoms with E-state index < -0.39 is 16.0 Å². The molecule has 0 fully saturated rings. The van der Waals surface area contributed by atoms with Gasteiger partial charge in [-0.1, -0.05) is 25.4 Å². The van der Waals surface area contributed by atoms with Crippen LogP contribution < -0.4 is 9.46 Å². The average molecular weight is 336 g/mol. The molecule has 1 aromatic rings. The minimum Gasteiger partial charge on any atom is -0.480 e. The average Bonchev–Trinajstić information content (AvgIpc) is 2.43. The van der Waals surface area contributed by atoms with Crippen molar-refractivity contribution in [3.8, 4) is 5.75 Å². The highest BCUT2D eigenvalue weighted by Gasteiger charge is 2.16. The van der Waals surface area contributed by atoms with Crippen molar-refractivity contribution in [3.63, 3.8) is 0 Å². The van der Waals surface area contributed by atoms with Crippen LogP contribution in [0.4, 0.5) is 0 Å². The normalized spacial score (nSPS) is 11.5. The number of halogens is 1. The van der Waals surface area contributed by atoms with Gasteiger partial charge < -0.3 is 9.47 Å². The molecule has 21 heavy (non-hydrogen) atoms. The van der Waals surface area contributed by atoms with Gasteiger partial charge in [0.1, 0.15) is 5.75 Å². The van der Waals surface area contributed by atoms with Crippen LogP contribution in [0.25, 0.3) is 0 Å². The second kappa shape index (κ2) is 7.63. The summed E-state index contributed by atoms with van der Waals surface area (Å²) in [7, 11) is -2.37. The third-order valence-electron chi connectivity index (χ3n) is 2.47. The Balaban J connectivity index is 2.84. The van der Waals surface area contributed by atoms with Gasteiger partial charge in [0.25, 0.3) is 0 Å². The third-order valence-corrected chi connectivity index (χ3v) is 4.19. The number of ether oxygens (including phenoxy) is 2. The largest absolute Gasteiger partial charge is 0.480 e. The van der Waals surface area contributed by atoms with Crippen LogP contribution in [0.1, 0.15) is 13.8 Å². The predicted octanol–water partition coefficient (Wildman–Crippen LogP) is 1.83. The van der Waals surface area contributed by atoms with Crippen molar-refractivity contribution < 1.29 is 22.7 Å². The number of nitrogens with one attached hydrogen (secondary N) is 1. The first-order valence-corrected chi connectivity index (χ1v) is 8.11. The molecule has 118 valence electrons. The van der Waals surface area contributed by atoms with E-state index >= 15 is 0 Å². The minimum atomic E-state index is -3.61. The van der Waals surface area contributed by atoms with E-state index in [1.807, 2.05) is 13.8 Å². The number of benzene rings is 1. The van der Waals surface area contributed by atoms with E-state index in [0.29, 0.717) is 6.54 Å². The van der Waals surface area contributed by atoms with Crippen LogP contribution in [0.5, 0.6) is 5.75 Å². The molecule has 1 rings (SSSR count). The summed E-state index contributed by atoms with van der Waals surface area (Å²) in [6.07, 6.45) is 0. The van der Waals surface area contributed by atoms with E-state index in [9.17, 15) is 13.2 Å². The Morgan fingerprint density at radius 3 is 2.57 bits per heavy atom. The molecule has 0 atom stereocenters. The highest BCUT2D eigenvalue weighted by Crippen LogP contribution is 2.27. The summed E-state index contributed by atoms with van der Waals surface area (Å²) in [6, 6.07) is 4.03. The second-order valence-electron chi connectivity index (χ2n) is 4.70. The molecule has 0 heterocycles. The van der Waals surface area contributed by atoms with E-state index in [4.69, 9.17) is 16.3 Å². The lowest BCUT2D eigenvalue weighted by Crippen LogP contribution is -2.27. The molecule has 0 aliphatic carbocycles. The van der Waals surface area contributed by atoms with E-state index in [-0.39, 0.29) is 28.2 Å². The Bertz CT molecular complexity index is 601. The molecular weight excluding hydrogens is 318 g/mol. The van der Waals surface area contributed by atoms with Crippen LogP contribution in [-0.2, 0) is 19.6 Å². The standard InChI is InChI=1S/C13H18ClNO5S/c1-9(2)7-15-21(17,18)10-4-5-12(11(14)6-10)20-8-13(16)19-3/h4-6,9,15H,7-8H2,1-3H3. The molecule has 0 bridgehead atoms. The van der Waals surface area contributed by atoms with Crippen molar-refractivity contribution in [3.05, 3.63) is 23.2 Å². The van der Waals surface area contributed by atoms with E-state index in [1.165, 1.54) is 25.3 Å². The van der Waals surface area contributed by atoms with Crippen molar-refractivity contribution in [2.24, 2.45) is 5.92 Å². The number of sulfonamides is 1. The van der Waals surface area contributed by atoms with Gasteiger partial charge in [-0.25, -0.2) is 17.9 Å². The van der Waals surface area contributed by atoms with Crippen molar-refractivity contribution in [1.29, 1.82) is 0 Å². The SMILES string of the molecule is COC(=O)COc1ccc(S(=O)(=O)NCC(C)C)cc1Cl. The van der Waals surface area contributed by atoms with Gasteiger partial charge in [-0.2, -0.15) is 0 Å². The Morgan fingerprint density at radius 2 is 2.05 bits per heavy atom. The lowest BCUT2D eigenvalue weighted by atomic mass is 10.2. The zero-order valence-corrected chi connectivity index (χ0v) is 13.6. The molecule has 0 saturated heterocycles. The highest BCUT2D eigenvalue weighted by molar-refractivity contribution is 7.89. The highest BCUT2D eigenvalue weighted by atomic mass is 35.5. The summed E-state index contributed by atoms with van der Waals surface area (Å²) < 4.78 is 36.1. The van der Waals surface area contributed by atoms with Crippen LogP contribution in [0.3, 0.4) is 0 Å². The molecule has 8 heteroatoms. The zero-order valence-electron chi connectivity index (χ0n) is 12.1. The number of hydrogen-bond acceptors (Lipinski definition) is 5. The van der Waals surface area contributed by atoms with Crippen molar-refractivity contribution in [2.75, 3.05) is 20.3 Å². The fourth-order valence-electron chi connectivity index (χ4n) is 1.32. The van der Waals surface area contributed by atoms with Gasteiger partial charge in [0.15, 0.2) is 6.61 Å². The molecule has 0 radical (unpaired) electrons. The number of hydrogen-bond donors (Lipinski definition) is 1. The maximum absolute atomic E-state index is 12.0. The van der Waals surface area contributed by atoms with Crippen LogP contribution in [0, 0.1) is 5.92 Å². The Kier molecular flexibility index (Phi) is 6.44. The van der Waals surface area contributed by atoms with Crippen LogP contribution in [0.15, 0.2) is 23.1 Å². The molecule has 1 N–H and O–H groups in total. The maximum atomic E-state index is 12.0. The molecule has 0 aliphatic heterocycles. The van der Waals surface area contributed by atoms with Gasteiger partial charge in [0.05, 0.1) is 17.0 Å². The summed E-state index contributed by atoms with van der Waals surface area (Å²) in [5, 5.41) is 0.103. The lowest BCUT2D eigenvalue weighted by Gasteiger charge is -2.11. The van der Waals surface area contributed by atoms with Crippen molar-refractivity contribution in [2.45, 2.75) is 18.7 Å². The number of carbonyl (C=O) groups is 1. The topological polar surface area (TPSA) is 81.7 Å². The fraction of sp³-hybridized carbons (Fsp3) is 0.462. The predicted molar refractivity (Wildman–Crippen MR) is 79.0 cm³/mol. The van der Waals surface area contributed by atoms with Crippen LogP contribution >= 0.6 is 11.6 Å². The first-order valence-electron chi connectivity index (χ1n) is 6.25. The maximum Gasteiger partial charge on any atom is 0.343 e. The molecule has 0 spiro atoms. The summed E-state index contributed by atoms with van der Waals surface area (Å²) in [5.74, 6) is -0.149. The molecule has 0 aromatic heterocycles. The van der Waals surface area contributed by atoms with Gasteiger partial charge in [0, 0.05) is 6.54 Å². The van der Waals surface area contributed by atoms with Crippen molar-refractivity contribution in [1.82, 2.24) is 4.72 Å². The number of esters is 1. The number of methoxy groups -OCH3 is 1. The van der Waals surface area contributed by atoms with E-state index in [0.717, 1.165) is 0 Å². The summed E-state index contributed by atoms with van der Waals surface area (Å²) in [5.41, 5.74) is 0. The smallest absolute Gasteiger partial charge is 0.343 e. The third kappa shape index (κ3) is 5.53. The van der Waals surface area contributed by atoms with Gasteiger partial charge in [0.2, 0.25) is 10.0 Å². The fourth-order valence-corrected chi connectivity index (χ4v) is 2.86. The van der Waals surface area contributed by atoms with Crippen molar-refractivity contribution >= 4 is 27.6 Å². The molecule has 0 amide bonds. The summed E-state index contributed by atoms with van der Waals surface area (Å²) >= 11 is 5.96. The first kappa shape index (κ1) is 17.7. The minimum absolute atomic E-state index is 0.0403. The first-order chi connectivity index (χ1) is 9.76. The Morgan fingerprint density at radius 1 is 1.38 bits per heavy atom. The van der Waals surface area contributed by atoms with Gasteiger partial charge in [-0.05, 0) is 24.1 Å². The lowest BCUT2D eigenvalue weighted by molar-refractivity contribution is -0.142. The van der Waals surface area contributed by atoms with Gasteiger partial charge in [-0.15, -0.1) is 0 Å². The summed E-state index contributed by atoms with van der Waals surface area (Å²) in [4.78, 5) is 11.0. The molecule has 1 aromatic carbocycles. The Labute approximate surface area is 129 Å². The van der Waals surface area contributed by atoms with Gasteiger partial charge >= 0.3 is 5.97 Å². The molecular formula is C13H18ClNO5S.